The van der Waals surface area contributed by atoms with Gasteiger partial charge >= 0.3 is 0 Å². The first-order valence-corrected chi connectivity index (χ1v) is 15.9. The number of amides is 1. The zero-order chi connectivity index (χ0) is 29.6. The molecule has 0 aromatic heterocycles. The average molecular weight is 574 g/mol. The molecule has 1 aliphatic heterocycles. The molecule has 1 saturated heterocycles. The van der Waals surface area contributed by atoms with Crippen LogP contribution in [0.25, 0.3) is 0 Å². The minimum absolute atomic E-state index is 0.187. The van der Waals surface area contributed by atoms with E-state index in [2.05, 4.69) is 19.2 Å². The van der Waals surface area contributed by atoms with Gasteiger partial charge in [-0.1, -0.05) is 109 Å². The molecule has 40 heavy (non-hydrogen) atoms. The summed E-state index contributed by atoms with van der Waals surface area (Å²) in [5.74, 6) is -0.198. The maximum Gasteiger partial charge on any atom is 0.220 e. The molecule has 1 rings (SSSR count). The molecular weight excluding hydrogens is 514 g/mol. The highest BCUT2D eigenvalue weighted by molar-refractivity contribution is 5.76. The molecule has 236 valence electrons. The highest BCUT2D eigenvalue weighted by atomic mass is 16.7. The van der Waals surface area contributed by atoms with Gasteiger partial charge in [-0.05, 0) is 19.3 Å². The molecule has 9 heteroatoms. The van der Waals surface area contributed by atoms with Crippen LogP contribution in [0.3, 0.4) is 0 Å². The Balaban J connectivity index is 2.49. The number of ether oxygens (including phenoxy) is 2. The van der Waals surface area contributed by atoms with E-state index < -0.39 is 49.5 Å². The van der Waals surface area contributed by atoms with Gasteiger partial charge in [-0.25, -0.2) is 0 Å². The van der Waals surface area contributed by atoms with E-state index in [1.807, 2.05) is 6.08 Å². The van der Waals surface area contributed by atoms with Crippen LogP contribution in [0.15, 0.2) is 12.2 Å². The van der Waals surface area contributed by atoms with Gasteiger partial charge in [0.15, 0.2) is 6.29 Å². The van der Waals surface area contributed by atoms with Crippen molar-refractivity contribution in [1.82, 2.24) is 5.32 Å². The van der Waals surface area contributed by atoms with Crippen molar-refractivity contribution in [2.24, 2.45) is 0 Å². The standard InChI is InChI=1S/C31H59NO8/c1-3-5-7-9-10-11-12-13-14-15-16-17-18-20-25(34)24(32-27(35)21-19-8-6-4-2)23-39-31-30(38)29(37)28(36)26(22-33)40-31/h18,20,24-26,28-31,33-34,36-38H,3-17,19,21-23H2,1-2H3,(H,32,35)/b20-18+/t24-,25+,26-,28+,29+,30-,31-/m1/s1. The molecular formula is C31H59NO8. The fourth-order valence-corrected chi connectivity index (χ4v) is 4.92. The van der Waals surface area contributed by atoms with Crippen LogP contribution in [0.2, 0.25) is 0 Å². The topological polar surface area (TPSA) is 149 Å². The second-order valence-corrected chi connectivity index (χ2v) is 11.3. The molecule has 1 fully saturated rings. The number of carbonyl (C=O) groups excluding carboxylic acids is 1. The Morgan fingerprint density at radius 3 is 1.95 bits per heavy atom. The average Bonchev–Trinajstić information content (AvgIpc) is 2.95. The lowest BCUT2D eigenvalue weighted by Crippen LogP contribution is -2.60. The Morgan fingerprint density at radius 2 is 1.38 bits per heavy atom. The molecule has 0 unspecified atom stereocenters. The fourth-order valence-electron chi connectivity index (χ4n) is 4.92. The van der Waals surface area contributed by atoms with E-state index in [0.717, 1.165) is 44.9 Å². The van der Waals surface area contributed by atoms with Gasteiger partial charge in [-0.3, -0.25) is 4.79 Å². The van der Waals surface area contributed by atoms with E-state index in [1.54, 1.807) is 6.08 Å². The summed E-state index contributed by atoms with van der Waals surface area (Å²) in [5, 5.41) is 53.3. The monoisotopic (exact) mass is 573 g/mol. The normalized spacial score (nSPS) is 24.8. The number of nitrogens with one attached hydrogen (secondary N) is 1. The smallest absolute Gasteiger partial charge is 0.220 e. The number of aliphatic hydroxyl groups is 5. The minimum atomic E-state index is -1.56. The summed E-state index contributed by atoms with van der Waals surface area (Å²) in [6.45, 7) is 3.59. The van der Waals surface area contributed by atoms with Crippen LogP contribution in [-0.2, 0) is 14.3 Å². The van der Waals surface area contributed by atoms with E-state index in [1.165, 1.54) is 57.8 Å². The van der Waals surface area contributed by atoms with Crippen LogP contribution in [-0.4, -0.2) is 87.5 Å². The first kappa shape index (κ1) is 37.0. The second kappa shape index (κ2) is 23.5. The molecule has 6 N–H and O–H groups in total. The van der Waals surface area contributed by atoms with Crippen LogP contribution < -0.4 is 5.32 Å². The molecule has 0 aromatic rings. The molecule has 0 aromatic carbocycles. The van der Waals surface area contributed by atoms with Gasteiger partial charge in [0.05, 0.1) is 25.4 Å². The highest BCUT2D eigenvalue weighted by Gasteiger charge is 2.44. The summed E-state index contributed by atoms with van der Waals surface area (Å²) < 4.78 is 11.0. The van der Waals surface area contributed by atoms with E-state index in [4.69, 9.17) is 9.47 Å². The summed E-state index contributed by atoms with van der Waals surface area (Å²) in [6, 6.07) is -0.792. The first-order valence-electron chi connectivity index (χ1n) is 15.9. The van der Waals surface area contributed by atoms with Gasteiger partial charge in [-0.2, -0.15) is 0 Å². The number of aliphatic hydroxyl groups excluding tert-OH is 5. The molecule has 0 bridgehead atoms. The first-order chi connectivity index (χ1) is 19.3. The van der Waals surface area contributed by atoms with Gasteiger partial charge in [0.1, 0.15) is 24.4 Å². The largest absolute Gasteiger partial charge is 0.394 e. The number of hydrogen-bond acceptors (Lipinski definition) is 8. The Morgan fingerprint density at radius 1 is 0.825 bits per heavy atom. The molecule has 1 aliphatic rings. The summed E-state index contributed by atoms with van der Waals surface area (Å²) in [6.07, 6.45) is 14.6. The number of unbranched alkanes of at least 4 members (excludes halogenated alkanes) is 14. The van der Waals surface area contributed by atoms with Gasteiger partial charge in [0.25, 0.3) is 0 Å². The quantitative estimate of drug-likeness (QED) is 0.0753. The lowest BCUT2D eigenvalue weighted by atomic mass is 9.99. The molecule has 0 radical (unpaired) electrons. The van der Waals surface area contributed by atoms with Crippen molar-refractivity contribution >= 4 is 5.91 Å². The highest BCUT2D eigenvalue weighted by Crippen LogP contribution is 2.22. The van der Waals surface area contributed by atoms with Crippen LogP contribution in [0.4, 0.5) is 0 Å². The minimum Gasteiger partial charge on any atom is -0.394 e. The van der Waals surface area contributed by atoms with Gasteiger partial charge in [0.2, 0.25) is 5.91 Å². The van der Waals surface area contributed by atoms with Crippen molar-refractivity contribution in [1.29, 1.82) is 0 Å². The molecule has 0 spiro atoms. The van der Waals surface area contributed by atoms with Gasteiger partial charge in [-0.15, -0.1) is 0 Å². The maximum absolute atomic E-state index is 12.5. The van der Waals surface area contributed by atoms with Crippen molar-refractivity contribution in [2.75, 3.05) is 13.2 Å². The van der Waals surface area contributed by atoms with Crippen molar-refractivity contribution in [2.45, 2.75) is 166 Å². The van der Waals surface area contributed by atoms with E-state index >= 15 is 0 Å². The zero-order valence-electron chi connectivity index (χ0n) is 25.1. The molecule has 0 saturated carbocycles. The molecule has 7 atom stereocenters. The number of allylic oxidation sites excluding steroid dienone is 1. The van der Waals surface area contributed by atoms with E-state index in [0.29, 0.717) is 6.42 Å². The maximum atomic E-state index is 12.5. The molecule has 1 amide bonds. The Hall–Kier alpha value is -1.07. The van der Waals surface area contributed by atoms with E-state index in [9.17, 15) is 30.3 Å². The zero-order valence-corrected chi connectivity index (χ0v) is 25.1. The Labute approximate surface area is 242 Å². The summed E-state index contributed by atoms with van der Waals surface area (Å²) in [7, 11) is 0. The number of carbonyl (C=O) groups is 1. The second-order valence-electron chi connectivity index (χ2n) is 11.3. The Kier molecular flexibility index (Phi) is 21.7. The van der Waals surface area contributed by atoms with Gasteiger partial charge in [0, 0.05) is 6.42 Å². The van der Waals surface area contributed by atoms with Crippen LogP contribution in [0.5, 0.6) is 0 Å². The molecule has 9 nitrogen and oxygen atoms in total. The summed E-state index contributed by atoms with van der Waals surface area (Å²) >= 11 is 0. The lowest BCUT2D eigenvalue weighted by Gasteiger charge is -2.40. The third-order valence-electron chi connectivity index (χ3n) is 7.61. The van der Waals surface area contributed by atoms with Crippen LogP contribution in [0.1, 0.15) is 123 Å². The number of hydrogen-bond donors (Lipinski definition) is 6. The SMILES string of the molecule is CCCCCCCCCCCCC/C=C/[C@H](O)[C@@H](CO[C@@H]1O[C@H](CO)[C@H](O)[C@H](O)[C@H]1O)NC(=O)CCCCCC. The molecule has 1 heterocycles. The lowest BCUT2D eigenvalue weighted by molar-refractivity contribution is -0.302. The predicted octanol–water partition coefficient (Wildman–Crippen LogP) is 3.88. The predicted molar refractivity (Wildman–Crippen MR) is 157 cm³/mol. The molecule has 0 aliphatic carbocycles. The third-order valence-corrected chi connectivity index (χ3v) is 7.61. The third kappa shape index (κ3) is 15.8. The fraction of sp³-hybridized carbons (Fsp3) is 0.903. The summed E-state index contributed by atoms with van der Waals surface area (Å²) in [5.41, 5.74) is 0. The van der Waals surface area contributed by atoms with Crippen molar-refractivity contribution in [3.05, 3.63) is 12.2 Å². The number of rotatable bonds is 24. The van der Waals surface area contributed by atoms with Gasteiger partial charge < -0.3 is 40.3 Å². The van der Waals surface area contributed by atoms with Crippen LogP contribution in [0, 0.1) is 0 Å². The van der Waals surface area contributed by atoms with Crippen molar-refractivity contribution in [3.63, 3.8) is 0 Å². The van der Waals surface area contributed by atoms with Crippen molar-refractivity contribution < 1.29 is 39.8 Å². The van der Waals surface area contributed by atoms with E-state index in [-0.39, 0.29) is 12.5 Å². The van der Waals surface area contributed by atoms with Crippen LogP contribution >= 0.6 is 0 Å². The summed E-state index contributed by atoms with van der Waals surface area (Å²) in [4.78, 5) is 12.5. The van der Waals surface area contributed by atoms with Crippen molar-refractivity contribution in [3.8, 4) is 0 Å². The Bertz CT molecular complexity index is 647.